The van der Waals surface area contributed by atoms with Crippen molar-refractivity contribution in [2.45, 2.75) is 58.2 Å². The number of pyridine rings is 1. The summed E-state index contributed by atoms with van der Waals surface area (Å²) in [6, 6.07) is 12.9. The summed E-state index contributed by atoms with van der Waals surface area (Å²) >= 11 is 6.24. The van der Waals surface area contributed by atoms with Crippen molar-refractivity contribution < 1.29 is 9.53 Å². The van der Waals surface area contributed by atoms with Gasteiger partial charge in [-0.25, -0.2) is 4.98 Å². The van der Waals surface area contributed by atoms with E-state index < -0.39 is 0 Å². The lowest BCUT2D eigenvalue weighted by atomic mass is 10.1. The lowest BCUT2D eigenvalue weighted by molar-refractivity contribution is -0.120. The van der Waals surface area contributed by atoms with Gasteiger partial charge in [-0.3, -0.25) is 14.7 Å². The molecule has 3 aromatic rings. The van der Waals surface area contributed by atoms with Gasteiger partial charge in [0.1, 0.15) is 11.5 Å². The Balaban J connectivity index is 1.34. The van der Waals surface area contributed by atoms with Gasteiger partial charge in [0, 0.05) is 48.0 Å². The Morgan fingerprint density at radius 2 is 1.94 bits per heavy atom. The zero-order chi connectivity index (χ0) is 24.4. The second-order valence-electron chi connectivity index (χ2n) is 10.2. The van der Waals surface area contributed by atoms with Gasteiger partial charge in [0.2, 0.25) is 0 Å². The second-order valence-corrected chi connectivity index (χ2v) is 10.6. The zero-order valence-corrected chi connectivity index (χ0v) is 21.2. The number of ketones is 1. The van der Waals surface area contributed by atoms with E-state index in [4.69, 9.17) is 26.3 Å². The minimum absolute atomic E-state index is 0.188. The maximum Gasteiger partial charge on any atom is 0.152 e. The monoisotopic (exact) mass is 492 g/mol. The molecule has 5 rings (SSSR count). The Morgan fingerprint density at radius 3 is 2.63 bits per heavy atom. The molecular weight excluding hydrogens is 460 g/mol. The van der Waals surface area contributed by atoms with Crippen LogP contribution in [-0.2, 0) is 22.5 Å². The van der Waals surface area contributed by atoms with E-state index in [0.29, 0.717) is 29.4 Å². The van der Waals surface area contributed by atoms with E-state index in [1.807, 2.05) is 47.3 Å². The SMILES string of the molecule is CC(C)CC(=O)Cn1cc(-c2ccc(CCN3C4CCC3COC4)cn2)nc1-c1cccc(Cl)c1. The first kappa shape index (κ1) is 24.2. The van der Waals surface area contributed by atoms with Gasteiger partial charge < -0.3 is 9.30 Å². The van der Waals surface area contributed by atoms with Gasteiger partial charge in [-0.15, -0.1) is 0 Å². The van der Waals surface area contributed by atoms with Crippen molar-refractivity contribution in [3.63, 3.8) is 0 Å². The van der Waals surface area contributed by atoms with Crippen LogP contribution in [0.4, 0.5) is 0 Å². The predicted molar refractivity (Wildman–Crippen MR) is 138 cm³/mol. The molecule has 2 atom stereocenters. The van der Waals surface area contributed by atoms with E-state index in [0.717, 1.165) is 49.0 Å². The molecule has 0 N–H and O–H groups in total. The molecule has 2 fully saturated rings. The van der Waals surface area contributed by atoms with Crippen LogP contribution < -0.4 is 0 Å². The standard InChI is InChI=1S/C28H33ClN4O2/c1-19(2)12-25(34)15-32-16-27(31-28(32)21-4-3-5-22(29)13-21)26-9-6-20(14-30-26)10-11-33-23-7-8-24(33)18-35-17-23/h3-6,9,13-14,16,19,23-24H,7-8,10-12,15,17-18H2,1-2H3. The van der Waals surface area contributed by atoms with Crippen molar-refractivity contribution in [3.8, 4) is 22.8 Å². The average molecular weight is 493 g/mol. The van der Waals surface area contributed by atoms with Crippen molar-refractivity contribution in [1.82, 2.24) is 19.4 Å². The number of rotatable bonds is 9. The first-order chi connectivity index (χ1) is 17.0. The number of imidazole rings is 1. The maximum atomic E-state index is 12.6. The molecule has 35 heavy (non-hydrogen) atoms. The summed E-state index contributed by atoms with van der Waals surface area (Å²) in [7, 11) is 0. The molecule has 0 radical (unpaired) electrons. The molecule has 1 aromatic carbocycles. The average Bonchev–Trinajstić information content (AvgIpc) is 3.33. The van der Waals surface area contributed by atoms with Crippen molar-refractivity contribution >= 4 is 17.4 Å². The number of carbonyl (C=O) groups is 1. The van der Waals surface area contributed by atoms with Gasteiger partial charge in [0.05, 0.1) is 25.5 Å². The molecular formula is C28H33ClN4O2. The van der Waals surface area contributed by atoms with Gasteiger partial charge in [-0.2, -0.15) is 0 Å². The van der Waals surface area contributed by atoms with Crippen LogP contribution in [0.3, 0.4) is 0 Å². The summed E-state index contributed by atoms with van der Waals surface area (Å²) in [6.07, 6.45) is 7.91. The maximum absolute atomic E-state index is 12.6. The van der Waals surface area contributed by atoms with Crippen LogP contribution in [0.15, 0.2) is 48.8 Å². The number of nitrogens with zero attached hydrogens (tertiary/aromatic N) is 4. The van der Waals surface area contributed by atoms with Gasteiger partial charge in [-0.1, -0.05) is 43.6 Å². The van der Waals surface area contributed by atoms with E-state index >= 15 is 0 Å². The number of halogens is 1. The first-order valence-electron chi connectivity index (χ1n) is 12.6. The summed E-state index contributed by atoms with van der Waals surface area (Å²) in [4.78, 5) is 24.8. The Kier molecular flexibility index (Phi) is 7.32. The summed E-state index contributed by atoms with van der Waals surface area (Å²) in [5.74, 6) is 1.24. The molecule has 6 nitrogen and oxygen atoms in total. The zero-order valence-electron chi connectivity index (χ0n) is 20.5. The Hall–Kier alpha value is -2.54. The van der Waals surface area contributed by atoms with Crippen LogP contribution >= 0.6 is 11.6 Å². The van der Waals surface area contributed by atoms with E-state index in [-0.39, 0.29) is 12.3 Å². The normalized spacial score (nSPS) is 20.0. The highest BCUT2D eigenvalue weighted by Crippen LogP contribution is 2.29. The van der Waals surface area contributed by atoms with E-state index in [9.17, 15) is 4.79 Å². The Morgan fingerprint density at radius 1 is 1.14 bits per heavy atom. The fourth-order valence-electron chi connectivity index (χ4n) is 5.29. The number of morpholine rings is 1. The topological polar surface area (TPSA) is 60.2 Å². The van der Waals surface area contributed by atoms with Gasteiger partial charge in [0.25, 0.3) is 0 Å². The quantitative estimate of drug-likeness (QED) is 0.406. The number of aromatic nitrogens is 3. The molecule has 184 valence electrons. The van der Waals surface area contributed by atoms with Gasteiger partial charge >= 0.3 is 0 Å². The van der Waals surface area contributed by atoms with Crippen LogP contribution in [0.2, 0.25) is 5.02 Å². The highest BCUT2D eigenvalue weighted by molar-refractivity contribution is 6.30. The fourth-order valence-corrected chi connectivity index (χ4v) is 5.48. The van der Waals surface area contributed by atoms with Crippen LogP contribution in [0, 0.1) is 5.92 Å². The lowest BCUT2D eigenvalue weighted by Gasteiger charge is -2.34. The summed E-state index contributed by atoms with van der Waals surface area (Å²) in [5.41, 5.74) is 3.67. The number of hydrogen-bond acceptors (Lipinski definition) is 5. The van der Waals surface area contributed by atoms with E-state index in [2.05, 4.69) is 24.8 Å². The third-order valence-electron chi connectivity index (χ3n) is 6.98. The third-order valence-corrected chi connectivity index (χ3v) is 7.21. The fraction of sp³-hybridized carbons (Fsp3) is 0.464. The van der Waals surface area contributed by atoms with E-state index in [1.165, 1.54) is 18.4 Å². The molecule has 2 unspecified atom stereocenters. The number of Topliss-reactive ketones (excluding diaryl/α,β-unsaturated/α-hetero) is 1. The molecule has 0 amide bonds. The molecule has 0 spiro atoms. The minimum Gasteiger partial charge on any atom is -0.378 e. The first-order valence-corrected chi connectivity index (χ1v) is 13.0. The van der Waals surface area contributed by atoms with E-state index in [1.54, 1.807) is 0 Å². The largest absolute Gasteiger partial charge is 0.378 e. The van der Waals surface area contributed by atoms with Crippen molar-refractivity contribution in [2.24, 2.45) is 5.92 Å². The van der Waals surface area contributed by atoms with Gasteiger partial charge in [-0.05, 0) is 48.9 Å². The molecule has 7 heteroatoms. The highest BCUT2D eigenvalue weighted by Gasteiger charge is 2.36. The molecule has 0 saturated carbocycles. The molecule has 2 bridgehead atoms. The molecule has 2 aromatic heterocycles. The molecule has 2 aliphatic rings. The second kappa shape index (κ2) is 10.6. The number of benzene rings is 1. The minimum atomic E-state index is 0.188. The number of fused-ring (bicyclic) bond motifs is 2. The molecule has 2 aliphatic heterocycles. The predicted octanol–water partition coefficient (Wildman–Crippen LogP) is 5.29. The third kappa shape index (κ3) is 5.66. The number of hydrogen-bond donors (Lipinski definition) is 0. The van der Waals surface area contributed by atoms with Gasteiger partial charge in [0.15, 0.2) is 5.78 Å². The summed E-state index contributed by atoms with van der Waals surface area (Å²) < 4.78 is 7.63. The Bertz CT molecular complexity index is 1160. The van der Waals surface area contributed by atoms with Crippen LogP contribution in [0.25, 0.3) is 22.8 Å². The lowest BCUT2D eigenvalue weighted by Crippen LogP contribution is -2.46. The smallest absolute Gasteiger partial charge is 0.152 e. The van der Waals surface area contributed by atoms with Crippen molar-refractivity contribution in [2.75, 3.05) is 19.8 Å². The highest BCUT2D eigenvalue weighted by atomic mass is 35.5. The molecule has 2 saturated heterocycles. The summed E-state index contributed by atoms with van der Waals surface area (Å²) in [6.45, 7) is 7.18. The number of ether oxygens (including phenoxy) is 1. The van der Waals surface area contributed by atoms with Crippen molar-refractivity contribution in [1.29, 1.82) is 0 Å². The van der Waals surface area contributed by atoms with Crippen molar-refractivity contribution in [3.05, 3.63) is 59.4 Å². The van der Waals surface area contributed by atoms with Crippen LogP contribution in [-0.4, -0.2) is 57.1 Å². The Labute approximate surface area is 212 Å². The molecule has 4 heterocycles. The van der Waals surface area contributed by atoms with Crippen LogP contribution in [0.5, 0.6) is 0 Å². The van der Waals surface area contributed by atoms with Crippen LogP contribution in [0.1, 0.15) is 38.7 Å². The molecule has 0 aliphatic carbocycles. The number of carbonyl (C=O) groups excluding carboxylic acids is 1. The summed E-state index contributed by atoms with van der Waals surface area (Å²) in [5, 5.41) is 0.642.